The maximum atomic E-state index is 11.6. The molecule has 4 nitrogen and oxygen atoms in total. The van der Waals surface area contributed by atoms with E-state index in [1.165, 1.54) is 0 Å². The molecule has 1 aromatic rings. The molecule has 0 atom stereocenters. The summed E-state index contributed by atoms with van der Waals surface area (Å²) in [6.45, 7) is 12.6. The topological polar surface area (TPSA) is 42.7 Å². The van der Waals surface area contributed by atoms with Gasteiger partial charge in [0.1, 0.15) is 5.60 Å². The van der Waals surface area contributed by atoms with Crippen LogP contribution < -0.4 is 5.32 Å². The first-order chi connectivity index (χ1) is 8.81. The van der Waals surface area contributed by atoms with Crippen LogP contribution >= 0.6 is 11.6 Å². The smallest absolute Gasteiger partial charge is 0.412 e. The summed E-state index contributed by atoms with van der Waals surface area (Å²) in [4.78, 5) is 14.9. The lowest BCUT2D eigenvalue weighted by Gasteiger charge is -2.19. The van der Waals surface area contributed by atoms with Crippen LogP contribution in [0.4, 0.5) is 10.5 Å². The van der Waals surface area contributed by atoms with E-state index in [1.807, 2.05) is 0 Å². The molecule has 19 heavy (non-hydrogen) atoms. The summed E-state index contributed by atoms with van der Waals surface area (Å²) in [6.07, 6.45) is 0.0533. The van der Waals surface area contributed by atoms with Crippen molar-refractivity contribution in [1.29, 1.82) is 0 Å². The number of carbonyl (C=O) groups excluding carboxylic acids is 1. The molecule has 1 aromatic carbocycles. The van der Waals surface area contributed by atoms with Gasteiger partial charge >= 0.3 is 6.09 Å². The van der Waals surface area contributed by atoms with Crippen LogP contribution in [0.3, 0.4) is 0 Å². The highest BCUT2D eigenvalue weighted by Crippen LogP contribution is 2.21. The first-order valence-electron chi connectivity index (χ1n) is 5.93. The Labute approximate surface area is 118 Å². The lowest BCUT2D eigenvalue weighted by atomic mass is 10.1. The van der Waals surface area contributed by atoms with Crippen LogP contribution in [0.15, 0.2) is 18.2 Å². The van der Waals surface area contributed by atoms with E-state index in [0.717, 1.165) is 5.56 Å². The summed E-state index contributed by atoms with van der Waals surface area (Å²) in [5.74, 6) is 0. The lowest BCUT2D eigenvalue weighted by Crippen LogP contribution is -2.27. The van der Waals surface area contributed by atoms with Crippen molar-refractivity contribution in [2.24, 2.45) is 0 Å². The first-order valence-corrected chi connectivity index (χ1v) is 6.31. The summed E-state index contributed by atoms with van der Waals surface area (Å²) in [6, 6.07) is 5.17. The second-order valence-electron chi connectivity index (χ2n) is 5.06. The minimum atomic E-state index is -0.538. The van der Waals surface area contributed by atoms with Crippen molar-refractivity contribution >= 4 is 23.4 Å². The number of nitrogens with one attached hydrogen (secondary N) is 1. The maximum absolute atomic E-state index is 11.6. The highest BCUT2D eigenvalue weighted by atomic mass is 35.5. The van der Waals surface area contributed by atoms with Gasteiger partial charge in [0.25, 0.3) is 0 Å². The quantitative estimate of drug-likeness (QED) is 0.845. The van der Waals surface area contributed by atoms with Crippen LogP contribution in [0, 0.1) is 6.57 Å². The monoisotopic (exact) mass is 280 g/mol. The Kier molecular flexibility index (Phi) is 5.20. The Balaban J connectivity index is 2.74. The fraction of sp³-hybridized carbons (Fsp3) is 0.429. The molecule has 0 aromatic heterocycles. The Morgan fingerprint density at radius 1 is 1.47 bits per heavy atom. The number of benzene rings is 1. The molecular formula is C14H17ClN2O2. The first kappa shape index (κ1) is 15.3. The fourth-order valence-electron chi connectivity index (χ4n) is 1.44. The van der Waals surface area contributed by atoms with Gasteiger partial charge in [0.15, 0.2) is 0 Å². The number of ether oxygens (including phenoxy) is 1. The Hall–Kier alpha value is -1.73. The summed E-state index contributed by atoms with van der Waals surface area (Å²) in [5, 5.41) is 3.24. The molecule has 1 amide bonds. The maximum Gasteiger partial charge on any atom is 0.412 e. The molecule has 0 saturated heterocycles. The van der Waals surface area contributed by atoms with Crippen LogP contribution in [0.1, 0.15) is 26.3 Å². The summed E-state index contributed by atoms with van der Waals surface area (Å²) >= 11 is 6.03. The van der Waals surface area contributed by atoms with Crippen molar-refractivity contribution in [3.05, 3.63) is 40.2 Å². The molecule has 0 aliphatic rings. The number of hydrogen-bond acceptors (Lipinski definition) is 2. The van der Waals surface area contributed by atoms with E-state index in [2.05, 4.69) is 10.2 Å². The van der Waals surface area contributed by atoms with Gasteiger partial charge in [-0.3, -0.25) is 5.32 Å². The zero-order chi connectivity index (χ0) is 14.5. The fourth-order valence-corrected chi connectivity index (χ4v) is 1.65. The van der Waals surface area contributed by atoms with E-state index < -0.39 is 11.7 Å². The summed E-state index contributed by atoms with van der Waals surface area (Å²) in [7, 11) is 0. The number of halogens is 1. The zero-order valence-corrected chi connectivity index (χ0v) is 12.0. The van der Waals surface area contributed by atoms with Gasteiger partial charge in [-0.15, -0.1) is 0 Å². The van der Waals surface area contributed by atoms with Crippen LogP contribution in [-0.2, 0) is 11.2 Å². The third-order valence-corrected chi connectivity index (χ3v) is 2.55. The van der Waals surface area contributed by atoms with E-state index in [4.69, 9.17) is 22.9 Å². The number of amides is 1. The standard InChI is InChI=1S/C14H17ClN2O2/c1-14(2,3)19-13(18)17-11-5-6-12(15)10(9-11)7-8-16-4/h5-6,9H,7-8H2,1-3H3,(H,17,18). The van der Waals surface area contributed by atoms with Gasteiger partial charge in [-0.25, -0.2) is 11.4 Å². The molecule has 0 aliphatic heterocycles. The van der Waals surface area contributed by atoms with Crippen LogP contribution in [-0.4, -0.2) is 18.2 Å². The highest BCUT2D eigenvalue weighted by molar-refractivity contribution is 6.31. The molecule has 0 radical (unpaired) electrons. The molecule has 102 valence electrons. The zero-order valence-electron chi connectivity index (χ0n) is 11.3. The predicted molar refractivity (Wildman–Crippen MR) is 76.5 cm³/mol. The molecule has 0 spiro atoms. The van der Waals surface area contributed by atoms with Crippen molar-refractivity contribution in [1.82, 2.24) is 0 Å². The van der Waals surface area contributed by atoms with Crippen molar-refractivity contribution in [2.45, 2.75) is 32.8 Å². The normalized spacial score (nSPS) is 10.7. The van der Waals surface area contributed by atoms with Gasteiger partial charge in [-0.05, 0) is 44.5 Å². The number of hydrogen-bond donors (Lipinski definition) is 1. The highest BCUT2D eigenvalue weighted by Gasteiger charge is 2.16. The average molecular weight is 281 g/mol. The molecule has 0 unspecified atom stereocenters. The number of carbonyl (C=O) groups is 1. The second-order valence-corrected chi connectivity index (χ2v) is 5.47. The van der Waals surface area contributed by atoms with Crippen molar-refractivity contribution in [3.63, 3.8) is 0 Å². The van der Waals surface area contributed by atoms with E-state index in [0.29, 0.717) is 23.7 Å². The van der Waals surface area contributed by atoms with Gasteiger partial charge in [0, 0.05) is 17.1 Å². The molecule has 0 aliphatic carbocycles. The predicted octanol–water partition coefficient (Wildman–Crippen LogP) is 4.15. The van der Waals surface area contributed by atoms with Gasteiger partial charge < -0.3 is 9.58 Å². The Morgan fingerprint density at radius 2 is 2.16 bits per heavy atom. The van der Waals surface area contributed by atoms with E-state index in [1.54, 1.807) is 39.0 Å². The minimum Gasteiger partial charge on any atom is -0.444 e. The van der Waals surface area contributed by atoms with Gasteiger partial charge in [-0.2, -0.15) is 0 Å². The molecule has 1 rings (SSSR count). The van der Waals surface area contributed by atoms with Crippen molar-refractivity contribution < 1.29 is 9.53 Å². The van der Waals surface area contributed by atoms with Crippen molar-refractivity contribution in [2.75, 3.05) is 11.9 Å². The number of anilines is 1. The SMILES string of the molecule is [C-]#[N+]CCc1cc(NC(=O)OC(C)(C)C)ccc1Cl. The molecule has 5 heteroatoms. The number of rotatable bonds is 3. The van der Waals surface area contributed by atoms with Gasteiger partial charge in [0.05, 0.1) is 0 Å². The Morgan fingerprint density at radius 3 is 2.74 bits per heavy atom. The van der Waals surface area contributed by atoms with Gasteiger partial charge in [-0.1, -0.05) is 11.6 Å². The molecule has 1 N–H and O–H groups in total. The van der Waals surface area contributed by atoms with Crippen LogP contribution in [0.5, 0.6) is 0 Å². The molecule has 0 fully saturated rings. The third-order valence-electron chi connectivity index (χ3n) is 2.18. The van der Waals surface area contributed by atoms with E-state index >= 15 is 0 Å². The molecule has 0 bridgehead atoms. The number of nitrogens with zero attached hydrogens (tertiary/aromatic N) is 1. The second kappa shape index (κ2) is 6.44. The third kappa shape index (κ3) is 5.62. The largest absolute Gasteiger partial charge is 0.444 e. The summed E-state index contributed by atoms with van der Waals surface area (Å²) < 4.78 is 5.16. The van der Waals surface area contributed by atoms with Gasteiger partial charge in [0.2, 0.25) is 6.54 Å². The lowest BCUT2D eigenvalue weighted by molar-refractivity contribution is 0.0636. The minimum absolute atomic E-state index is 0.371. The average Bonchev–Trinajstić information content (AvgIpc) is 2.27. The van der Waals surface area contributed by atoms with Crippen LogP contribution in [0.25, 0.3) is 4.85 Å². The summed E-state index contributed by atoms with van der Waals surface area (Å²) in [5.41, 5.74) is 0.911. The Bertz CT molecular complexity index is 501. The molecule has 0 heterocycles. The van der Waals surface area contributed by atoms with Crippen LogP contribution in [0.2, 0.25) is 5.02 Å². The van der Waals surface area contributed by atoms with Crippen molar-refractivity contribution in [3.8, 4) is 0 Å². The molecule has 0 saturated carbocycles. The van der Waals surface area contributed by atoms with E-state index in [9.17, 15) is 4.79 Å². The molecular weight excluding hydrogens is 264 g/mol. The van der Waals surface area contributed by atoms with E-state index in [-0.39, 0.29) is 0 Å².